The summed E-state index contributed by atoms with van der Waals surface area (Å²) >= 11 is 0. The first-order valence-corrected chi connectivity index (χ1v) is 11.1. The second-order valence-electron chi connectivity index (χ2n) is 9.66. The van der Waals surface area contributed by atoms with Crippen LogP contribution >= 0.6 is 0 Å². The number of carbonyl (C=O) groups excluding carboxylic acids is 1. The zero-order valence-corrected chi connectivity index (χ0v) is 20.0. The topological polar surface area (TPSA) is 126 Å². The number of pyridine rings is 2. The number of anilines is 1. The Morgan fingerprint density at radius 2 is 1.94 bits per heavy atom. The smallest absolute Gasteiger partial charge is 0.277 e. The number of oxazole rings is 1. The van der Waals surface area contributed by atoms with Crippen molar-refractivity contribution < 1.29 is 19.4 Å². The van der Waals surface area contributed by atoms with E-state index in [2.05, 4.69) is 20.4 Å². The van der Waals surface area contributed by atoms with Crippen LogP contribution < -0.4 is 5.32 Å². The van der Waals surface area contributed by atoms with E-state index in [4.69, 9.17) is 4.42 Å². The third-order valence-electron chi connectivity index (χ3n) is 5.43. The van der Waals surface area contributed by atoms with Crippen LogP contribution in [0.3, 0.4) is 0 Å². The Morgan fingerprint density at radius 1 is 1.18 bits per heavy atom. The molecule has 9 nitrogen and oxygen atoms in total. The minimum Gasteiger partial charge on any atom is -0.444 e. The van der Waals surface area contributed by atoms with E-state index < -0.39 is 17.1 Å². The van der Waals surface area contributed by atoms with Gasteiger partial charge in [0.15, 0.2) is 5.69 Å². The molecule has 0 fully saturated rings. The van der Waals surface area contributed by atoms with Crippen molar-refractivity contribution in [3.63, 3.8) is 0 Å². The van der Waals surface area contributed by atoms with Crippen molar-refractivity contribution in [3.05, 3.63) is 65.6 Å². The summed E-state index contributed by atoms with van der Waals surface area (Å²) in [5.41, 5.74) is 2.13. The molecule has 0 aliphatic rings. The summed E-state index contributed by atoms with van der Waals surface area (Å²) in [6, 6.07) is 7.24. The van der Waals surface area contributed by atoms with Gasteiger partial charge in [-0.1, -0.05) is 0 Å². The molecule has 178 valence electrons. The monoisotopic (exact) mass is 463 g/mol. The molecule has 3 N–H and O–H groups in total. The first-order valence-electron chi connectivity index (χ1n) is 11.1. The van der Waals surface area contributed by atoms with Crippen LogP contribution in [0, 0.1) is 6.92 Å². The molecule has 0 bridgehead atoms. The van der Waals surface area contributed by atoms with E-state index in [1.807, 2.05) is 19.1 Å². The zero-order chi connectivity index (χ0) is 24.7. The van der Waals surface area contributed by atoms with Crippen molar-refractivity contribution in [2.75, 3.05) is 5.32 Å². The fourth-order valence-electron chi connectivity index (χ4n) is 3.61. The SMILES string of the molecule is Cc1cc(-c2nc(C(=O)Nc3cc4cc(CCC(C)(C)O)nn4cc3C(C)(C)O)co2)ccn1. The summed E-state index contributed by atoms with van der Waals surface area (Å²) < 4.78 is 7.18. The zero-order valence-electron chi connectivity index (χ0n) is 20.0. The normalized spacial score (nSPS) is 12.3. The number of carbonyl (C=O) groups is 1. The van der Waals surface area contributed by atoms with E-state index in [0.717, 1.165) is 22.5 Å². The number of hydrogen-bond donors (Lipinski definition) is 3. The van der Waals surface area contributed by atoms with Crippen LogP contribution in [0.5, 0.6) is 0 Å². The number of aryl methyl sites for hydroxylation is 2. The van der Waals surface area contributed by atoms with Gasteiger partial charge in [0.2, 0.25) is 5.89 Å². The summed E-state index contributed by atoms with van der Waals surface area (Å²) in [5, 5.41) is 28.2. The number of nitrogens with one attached hydrogen (secondary N) is 1. The Balaban J connectivity index is 1.63. The number of fused-ring (bicyclic) bond motifs is 1. The number of aromatic nitrogens is 4. The average molecular weight is 464 g/mol. The maximum atomic E-state index is 13.0. The highest BCUT2D eigenvalue weighted by Crippen LogP contribution is 2.30. The Bertz CT molecular complexity index is 1340. The van der Waals surface area contributed by atoms with E-state index in [1.54, 1.807) is 56.7 Å². The third kappa shape index (κ3) is 5.32. The lowest BCUT2D eigenvalue weighted by molar-refractivity contribution is 0.0711. The quantitative estimate of drug-likeness (QED) is 0.380. The predicted octanol–water partition coefficient (Wildman–Crippen LogP) is 3.88. The van der Waals surface area contributed by atoms with Crippen LogP contribution in [0.4, 0.5) is 5.69 Å². The number of aliphatic hydroxyl groups is 2. The van der Waals surface area contributed by atoms with E-state index in [9.17, 15) is 15.0 Å². The molecule has 0 saturated heterocycles. The van der Waals surface area contributed by atoms with Crippen LogP contribution in [-0.2, 0) is 12.0 Å². The fraction of sp³-hybridized carbons (Fsp3) is 0.360. The summed E-state index contributed by atoms with van der Waals surface area (Å²) in [6.07, 6.45) is 5.81. The molecule has 4 aromatic rings. The Hall–Kier alpha value is -3.56. The highest BCUT2D eigenvalue weighted by Gasteiger charge is 2.24. The molecule has 9 heteroatoms. The van der Waals surface area contributed by atoms with E-state index >= 15 is 0 Å². The minimum absolute atomic E-state index is 0.116. The summed E-state index contributed by atoms with van der Waals surface area (Å²) in [5.74, 6) is -0.140. The van der Waals surface area contributed by atoms with Gasteiger partial charge in [0.1, 0.15) is 6.26 Å². The standard InChI is InChI=1S/C25H29N5O4/c1-15-10-16(7-9-26-15)23-28-21(14-34-23)22(31)27-20-12-18-11-17(6-8-24(2,3)32)29-30(18)13-19(20)25(4,5)33/h7,9-14,32-33H,6,8H2,1-5H3,(H,27,31). The van der Waals surface area contributed by atoms with Crippen LogP contribution in [-0.4, -0.2) is 41.3 Å². The largest absolute Gasteiger partial charge is 0.444 e. The van der Waals surface area contributed by atoms with Gasteiger partial charge in [0.05, 0.1) is 28.1 Å². The molecule has 4 heterocycles. The van der Waals surface area contributed by atoms with Crippen molar-refractivity contribution >= 4 is 17.1 Å². The molecule has 0 radical (unpaired) electrons. The lowest BCUT2D eigenvalue weighted by Gasteiger charge is -2.22. The van der Waals surface area contributed by atoms with Gasteiger partial charge in [0, 0.05) is 29.2 Å². The number of rotatable bonds is 7. The molecular formula is C25H29N5O4. The minimum atomic E-state index is -1.24. The van der Waals surface area contributed by atoms with Crippen molar-refractivity contribution in [2.45, 2.75) is 58.7 Å². The van der Waals surface area contributed by atoms with Gasteiger partial charge in [-0.05, 0) is 71.7 Å². The van der Waals surface area contributed by atoms with Crippen molar-refractivity contribution in [3.8, 4) is 11.5 Å². The molecule has 0 saturated carbocycles. The predicted molar refractivity (Wildman–Crippen MR) is 127 cm³/mol. The van der Waals surface area contributed by atoms with Crippen molar-refractivity contribution in [1.82, 2.24) is 19.6 Å². The van der Waals surface area contributed by atoms with E-state index in [-0.39, 0.29) is 5.69 Å². The van der Waals surface area contributed by atoms with Gasteiger partial charge < -0.3 is 19.9 Å². The third-order valence-corrected chi connectivity index (χ3v) is 5.43. The first kappa shape index (κ1) is 23.6. The maximum absolute atomic E-state index is 13.0. The molecule has 4 aromatic heterocycles. The van der Waals surface area contributed by atoms with Crippen molar-refractivity contribution in [1.29, 1.82) is 0 Å². The fourth-order valence-corrected chi connectivity index (χ4v) is 3.61. The number of nitrogens with zero attached hydrogens (tertiary/aromatic N) is 4. The van der Waals surface area contributed by atoms with Crippen LogP contribution in [0.25, 0.3) is 17.0 Å². The van der Waals surface area contributed by atoms with Crippen LogP contribution in [0.1, 0.15) is 61.6 Å². The second-order valence-corrected chi connectivity index (χ2v) is 9.66. The molecule has 0 unspecified atom stereocenters. The van der Waals surface area contributed by atoms with Crippen LogP contribution in [0.2, 0.25) is 0 Å². The lowest BCUT2D eigenvalue weighted by Crippen LogP contribution is -2.22. The first-order chi connectivity index (χ1) is 15.9. The summed E-state index contributed by atoms with van der Waals surface area (Å²) in [4.78, 5) is 21.4. The van der Waals surface area contributed by atoms with Gasteiger partial charge in [-0.25, -0.2) is 9.50 Å². The summed E-state index contributed by atoms with van der Waals surface area (Å²) in [7, 11) is 0. The van der Waals surface area contributed by atoms with E-state index in [1.165, 1.54) is 6.26 Å². The van der Waals surface area contributed by atoms with Gasteiger partial charge in [-0.15, -0.1) is 0 Å². The molecule has 0 aromatic carbocycles. The highest BCUT2D eigenvalue weighted by atomic mass is 16.3. The van der Waals surface area contributed by atoms with E-state index in [0.29, 0.717) is 30.0 Å². The molecule has 1 amide bonds. The Labute approximate surface area is 197 Å². The van der Waals surface area contributed by atoms with Gasteiger partial charge >= 0.3 is 0 Å². The highest BCUT2D eigenvalue weighted by molar-refractivity contribution is 6.03. The molecular weight excluding hydrogens is 434 g/mol. The molecule has 0 aliphatic carbocycles. The second kappa shape index (κ2) is 8.66. The van der Waals surface area contributed by atoms with Gasteiger partial charge in [-0.3, -0.25) is 9.78 Å². The van der Waals surface area contributed by atoms with Gasteiger partial charge in [0.25, 0.3) is 5.91 Å². The molecule has 0 aliphatic heterocycles. The van der Waals surface area contributed by atoms with Crippen molar-refractivity contribution in [2.24, 2.45) is 0 Å². The lowest BCUT2D eigenvalue weighted by atomic mass is 9.98. The number of amides is 1. The maximum Gasteiger partial charge on any atom is 0.277 e. The summed E-state index contributed by atoms with van der Waals surface area (Å²) in [6.45, 7) is 8.66. The molecule has 0 spiro atoms. The van der Waals surface area contributed by atoms with Crippen LogP contribution in [0.15, 0.2) is 47.3 Å². The molecule has 0 atom stereocenters. The Kier molecular flexibility index (Phi) is 6.01. The average Bonchev–Trinajstić information content (AvgIpc) is 3.37. The van der Waals surface area contributed by atoms with Gasteiger partial charge in [-0.2, -0.15) is 5.10 Å². The molecule has 4 rings (SSSR count). The molecule has 34 heavy (non-hydrogen) atoms. The Morgan fingerprint density at radius 3 is 2.62 bits per heavy atom. The number of hydrogen-bond acceptors (Lipinski definition) is 7.